The first-order chi connectivity index (χ1) is 16.5. The molecule has 170 valence electrons. The van der Waals surface area contributed by atoms with Crippen LogP contribution in [0.2, 0.25) is 0 Å². The van der Waals surface area contributed by atoms with Crippen LogP contribution in [0.25, 0.3) is 22.7 Å². The molecule has 4 rings (SSSR count). The molecule has 2 N–H and O–H groups in total. The van der Waals surface area contributed by atoms with Crippen LogP contribution >= 0.6 is 0 Å². The second-order valence-corrected chi connectivity index (χ2v) is 7.08. The number of nitrogens with one attached hydrogen (secondary N) is 2. The largest absolute Gasteiger partial charge is 0.484 e. The predicted molar refractivity (Wildman–Crippen MR) is 123 cm³/mol. The Morgan fingerprint density at radius 1 is 1.06 bits per heavy atom. The lowest BCUT2D eigenvalue weighted by Gasteiger charge is -2.09. The Bertz CT molecular complexity index is 1320. The number of para-hydroxylation sites is 2. The number of amides is 1. The number of rotatable bonds is 8. The number of nitrogens with zero attached hydrogens (tertiary/aromatic N) is 2. The molecule has 34 heavy (non-hydrogen) atoms. The summed E-state index contributed by atoms with van der Waals surface area (Å²) in [6.07, 6.45) is 1.70. The van der Waals surface area contributed by atoms with Crippen LogP contribution in [-0.4, -0.2) is 29.1 Å². The van der Waals surface area contributed by atoms with E-state index in [1.165, 1.54) is 24.3 Å². The summed E-state index contributed by atoms with van der Waals surface area (Å²) in [5.74, 6) is 0.533. The molecule has 0 radical (unpaired) electrons. The molecule has 7 nitrogen and oxygen atoms in total. The predicted octanol–water partition coefficient (Wildman–Crippen LogP) is 5.25. The van der Waals surface area contributed by atoms with Gasteiger partial charge in [-0.05, 0) is 60.2 Å². The normalized spacial score (nSPS) is 11.3. The Balaban J connectivity index is 1.34. The summed E-state index contributed by atoms with van der Waals surface area (Å²) >= 11 is 0. The Labute approximate surface area is 193 Å². The second kappa shape index (κ2) is 10.3. The van der Waals surface area contributed by atoms with E-state index >= 15 is 0 Å². The Kier molecular flexibility index (Phi) is 6.79. The summed E-state index contributed by atoms with van der Waals surface area (Å²) in [5.41, 5.74) is 3.19. The third-order valence-corrected chi connectivity index (χ3v) is 4.69. The van der Waals surface area contributed by atoms with E-state index in [4.69, 9.17) is 4.74 Å². The van der Waals surface area contributed by atoms with Gasteiger partial charge in [0.25, 0.3) is 5.91 Å². The number of imidazole rings is 1. The minimum Gasteiger partial charge on any atom is -0.484 e. The standard InChI is InChI=1S/C25H18F2N4O3/c26-25(27)34-20-11-7-18(8-12-20)29-23(32)15-33-19-9-5-16(6-10-19)13-17(14-28)24-30-21-3-1-2-4-22(21)31-24/h1-13,25H,15H2,(H,29,32)(H,30,31)/b17-13+. The van der Waals surface area contributed by atoms with Crippen molar-refractivity contribution in [2.24, 2.45) is 0 Å². The van der Waals surface area contributed by atoms with Crippen LogP contribution in [-0.2, 0) is 4.79 Å². The highest BCUT2D eigenvalue weighted by molar-refractivity contribution is 5.92. The molecule has 0 bridgehead atoms. The average molecular weight is 460 g/mol. The van der Waals surface area contributed by atoms with Gasteiger partial charge in [0.2, 0.25) is 0 Å². The number of carbonyl (C=O) groups is 1. The maximum absolute atomic E-state index is 12.2. The van der Waals surface area contributed by atoms with E-state index in [2.05, 4.69) is 26.1 Å². The molecule has 0 aliphatic heterocycles. The van der Waals surface area contributed by atoms with Gasteiger partial charge in [0.05, 0.1) is 16.6 Å². The fraction of sp³-hybridized carbons (Fsp3) is 0.0800. The molecular weight excluding hydrogens is 442 g/mol. The minimum absolute atomic E-state index is 0.00161. The van der Waals surface area contributed by atoms with Gasteiger partial charge in [-0.15, -0.1) is 0 Å². The van der Waals surface area contributed by atoms with Gasteiger partial charge in [-0.25, -0.2) is 4.98 Å². The molecule has 0 saturated heterocycles. The molecule has 0 atom stereocenters. The van der Waals surface area contributed by atoms with Crippen LogP contribution in [0.1, 0.15) is 11.4 Å². The molecule has 0 aliphatic carbocycles. The highest BCUT2D eigenvalue weighted by atomic mass is 19.3. The van der Waals surface area contributed by atoms with E-state index in [1.54, 1.807) is 30.3 Å². The van der Waals surface area contributed by atoms with E-state index in [-0.39, 0.29) is 12.4 Å². The van der Waals surface area contributed by atoms with Gasteiger partial charge < -0.3 is 19.8 Å². The number of hydrogen-bond donors (Lipinski definition) is 2. The van der Waals surface area contributed by atoms with E-state index in [0.29, 0.717) is 22.8 Å². The zero-order valence-electron chi connectivity index (χ0n) is 17.7. The maximum atomic E-state index is 12.2. The number of aromatic amines is 1. The SMILES string of the molecule is N#C/C(=C\c1ccc(OCC(=O)Nc2ccc(OC(F)F)cc2)cc1)c1nc2ccccc2[nH]1. The number of allylic oxidation sites excluding steroid dienone is 1. The highest BCUT2D eigenvalue weighted by Crippen LogP contribution is 2.21. The van der Waals surface area contributed by atoms with Crippen molar-refractivity contribution in [1.82, 2.24) is 9.97 Å². The number of hydrogen-bond acceptors (Lipinski definition) is 5. The Morgan fingerprint density at radius 3 is 2.44 bits per heavy atom. The van der Waals surface area contributed by atoms with Crippen LogP contribution in [0.15, 0.2) is 72.8 Å². The number of benzene rings is 3. The number of fused-ring (bicyclic) bond motifs is 1. The number of ether oxygens (including phenoxy) is 2. The monoisotopic (exact) mass is 460 g/mol. The zero-order valence-corrected chi connectivity index (χ0v) is 17.7. The number of halogens is 2. The van der Waals surface area contributed by atoms with Gasteiger partial charge in [0.15, 0.2) is 6.61 Å². The lowest BCUT2D eigenvalue weighted by atomic mass is 10.1. The summed E-state index contributed by atoms with van der Waals surface area (Å²) < 4.78 is 34.1. The van der Waals surface area contributed by atoms with Crippen molar-refractivity contribution >= 4 is 34.3 Å². The van der Waals surface area contributed by atoms with Crippen LogP contribution < -0.4 is 14.8 Å². The van der Waals surface area contributed by atoms with Gasteiger partial charge in [0, 0.05) is 5.69 Å². The lowest BCUT2D eigenvalue weighted by Crippen LogP contribution is -2.20. The summed E-state index contributed by atoms with van der Waals surface area (Å²) in [7, 11) is 0. The quantitative estimate of drug-likeness (QED) is 0.350. The minimum atomic E-state index is -2.91. The van der Waals surface area contributed by atoms with Gasteiger partial charge in [0.1, 0.15) is 23.4 Å². The van der Waals surface area contributed by atoms with Crippen molar-refractivity contribution < 1.29 is 23.0 Å². The van der Waals surface area contributed by atoms with Crippen LogP contribution in [0.4, 0.5) is 14.5 Å². The van der Waals surface area contributed by atoms with Crippen molar-refractivity contribution in [2.45, 2.75) is 6.61 Å². The van der Waals surface area contributed by atoms with Gasteiger partial charge >= 0.3 is 6.61 Å². The van der Waals surface area contributed by atoms with Gasteiger partial charge in [-0.1, -0.05) is 24.3 Å². The Morgan fingerprint density at radius 2 is 1.76 bits per heavy atom. The topological polar surface area (TPSA) is 100 Å². The number of aromatic nitrogens is 2. The molecule has 9 heteroatoms. The average Bonchev–Trinajstić information content (AvgIpc) is 3.27. The summed E-state index contributed by atoms with van der Waals surface area (Å²) in [4.78, 5) is 19.7. The van der Waals surface area contributed by atoms with Crippen LogP contribution in [0.3, 0.4) is 0 Å². The molecule has 0 saturated carbocycles. The molecule has 1 amide bonds. The second-order valence-electron chi connectivity index (χ2n) is 7.08. The Hall–Kier alpha value is -4.71. The molecular formula is C25H18F2N4O3. The van der Waals surface area contributed by atoms with E-state index in [0.717, 1.165) is 16.6 Å². The molecule has 0 aliphatic rings. The van der Waals surface area contributed by atoms with Crippen molar-refractivity contribution in [3.63, 3.8) is 0 Å². The molecule has 0 unspecified atom stereocenters. The summed E-state index contributed by atoms with van der Waals surface area (Å²) in [5, 5.41) is 12.2. The summed E-state index contributed by atoms with van der Waals surface area (Å²) in [6, 6.07) is 22.1. The number of anilines is 1. The van der Waals surface area contributed by atoms with Crippen LogP contribution in [0, 0.1) is 11.3 Å². The number of alkyl halides is 2. The molecule has 3 aromatic carbocycles. The first kappa shape index (κ1) is 22.5. The maximum Gasteiger partial charge on any atom is 0.387 e. The van der Waals surface area contributed by atoms with Crippen molar-refractivity contribution in [3.05, 3.63) is 84.2 Å². The summed E-state index contributed by atoms with van der Waals surface area (Å²) in [6.45, 7) is -3.15. The van der Waals surface area contributed by atoms with Gasteiger partial charge in [-0.3, -0.25) is 4.79 Å². The molecule has 1 heterocycles. The first-order valence-electron chi connectivity index (χ1n) is 10.1. The van der Waals surface area contributed by atoms with E-state index < -0.39 is 12.5 Å². The fourth-order valence-electron chi connectivity index (χ4n) is 3.13. The molecule has 4 aromatic rings. The van der Waals surface area contributed by atoms with Crippen LogP contribution in [0.5, 0.6) is 11.5 Å². The fourth-order valence-corrected chi connectivity index (χ4v) is 3.13. The molecule has 0 fully saturated rings. The number of nitriles is 1. The highest BCUT2D eigenvalue weighted by Gasteiger charge is 2.09. The van der Waals surface area contributed by atoms with Crippen molar-refractivity contribution in [2.75, 3.05) is 11.9 Å². The van der Waals surface area contributed by atoms with E-state index in [9.17, 15) is 18.8 Å². The number of H-pyrrole nitrogens is 1. The van der Waals surface area contributed by atoms with Gasteiger partial charge in [-0.2, -0.15) is 14.0 Å². The zero-order chi connectivity index (χ0) is 23.9. The van der Waals surface area contributed by atoms with E-state index in [1.807, 2.05) is 24.3 Å². The van der Waals surface area contributed by atoms with Crippen molar-refractivity contribution in [1.29, 1.82) is 5.26 Å². The third kappa shape index (κ3) is 5.75. The number of carbonyl (C=O) groups excluding carboxylic acids is 1. The first-order valence-corrected chi connectivity index (χ1v) is 10.1. The lowest BCUT2D eigenvalue weighted by molar-refractivity contribution is -0.118. The van der Waals surface area contributed by atoms with Crippen molar-refractivity contribution in [3.8, 4) is 17.6 Å². The third-order valence-electron chi connectivity index (χ3n) is 4.69. The molecule has 0 spiro atoms. The smallest absolute Gasteiger partial charge is 0.387 e. The molecule has 1 aromatic heterocycles.